The van der Waals surface area contributed by atoms with Crippen LogP contribution in [0.25, 0.3) is 27.8 Å². The first kappa shape index (κ1) is 14.9. The molecule has 0 amide bonds. The van der Waals surface area contributed by atoms with Crippen molar-refractivity contribution in [3.8, 4) is 16.8 Å². The van der Waals surface area contributed by atoms with Gasteiger partial charge in [-0.1, -0.05) is 30.3 Å². The van der Waals surface area contributed by atoms with Crippen LogP contribution in [0, 0.1) is 5.82 Å². The zero-order valence-electron chi connectivity index (χ0n) is 13.0. The zero-order valence-corrected chi connectivity index (χ0v) is 13.8. The van der Waals surface area contributed by atoms with Crippen molar-refractivity contribution in [1.82, 2.24) is 14.5 Å². The number of halogens is 1. The summed E-state index contributed by atoms with van der Waals surface area (Å²) in [6.07, 6.45) is 5.62. The molecule has 0 saturated heterocycles. The first-order valence-electron chi connectivity index (χ1n) is 7.49. The van der Waals surface area contributed by atoms with Crippen LogP contribution in [-0.2, 0) is 0 Å². The fraction of sp³-hybridized carbons (Fsp3) is 0.0526. The molecular weight excluding hydrogens is 321 g/mol. The summed E-state index contributed by atoms with van der Waals surface area (Å²) in [7, 11) is 0. The number of aromatic nitrogens is 3. The maximum absolute atomic E-state index is 13.3. The number of hydrogen-bond donors (Lipinski definition) is 0. The molecule has 24 heavy (non-hydrogen) atoms. The van der Waals surface area contributed by atoms with Crippen LogP contribution >= 0.6 is 11.8 Å². The second kappa shape index (κ2) is 6.09. The second-order valence-electron chi connectivity index (χ2n) is 5.34. The van der Waals surface area contributed by atoms with Crippen LogP contribution in [0.2, 0.25) is 0 Å². The van der Waals surface area contributed by atoms with Gasteiger partial charge in [0.1, 0.15) is 22.8 Å². The normalized spacial score (nSPS) is 11.1. The van der Waals surface area contributed by atoms with Gasteiger partial charge in [-0.2, -0.15) is 0 Å². The zero-order chi connectivity index (χ0) is 16.5. The van der Waals surface area contributed by atoms with E-state index in [-0.39, 0.29) is 5.82 Å². The largest absolute Gasteiger partial charge is 0.301 e. The molecule has 118 valence electrons. The van der Waals surface area contributed by atoms with Gasteiger partial charge >= 0.3 is 0 Å². The fourth-order valence-electron chi connectivity index (χ4n) is 2.82. The number of hydrogen-bond acceptors (Lipinski definition) is 3. The lowest BCUT2D eigenvalue weighted by Crippen LogP contribution is -1.94. The van der Waals surface area contributed by atoms with E-state index < -0.39 is 0 Å². The first-order chi connectivity index (χ1) is 11.8. The van der Waals surface area contributed by atoms with E-state index in [4.69, 9.17) is 0 Å². The highest BCUT2D eigenvalue weighted by molar-refractivity contribution is 7.98. The van der Waals surface area contributed by atoms with Crippen molar-refractivity contribution in [2.45, 2.75) is 5.03 Å². The predicted molar refractivity (Wildman–Crippen MR) is 96.0 cm³/mol. The quantitative estimate of drug-likeness (QED) is 0.392. The standard InChI is InChI=1S/C19H14FN3S/c1-24-19-17-16(13-5-3-2-4-6-13)11-23(18(17)21-12-22-19)15-9-7-14(20)8-10-15/h2-12H,1H3. The van der Waals surface area contributed by atoms with Gasteiger partial charge in [0.05, 0.1) is 5.39 Å². The van der Waals surface area contributed by atoms with E-state index in [1.54, 1.807) is 30.2 Å². The van der Waals surface area contributed by atoms with Crippen LogP contribution in [0.1, 0.15) is 0 Å². The summed E-state index contributed by atoms with van der Waals surface area (Å²) < 4.78 is 15.3. The lowest BCUT2D eigenvalue weighted by molar-refractivity contribution is 0.627. The second-order valence-corrected chi connectivity index (χ2v) is 6.13. The van der Waals surface area contributed by atoms with E-state index in [9.17, 15) is 4.39 Å². The molecule has 5 heteroatoms. The van der Waals surface area contributed by atoms with Crippen molar-refractivity contribution in [3.05, 3.63) is 72.9 Å². The van der Waals surface area contributed by atoms with Crippen molar-refractivity contribution in [2.24, 2.45) is 0 Å². The molecule has 0 fully saturated rings. The number of fused-ring (bicyclic) bond motifs is 1. The summed E-state index contributed by atoms with van der Waals surface area (Å²) in [5.74, 6) is -0.252. The number of nitrogens with zero attached hydrogens (tertiary/aromatic N) is 3. The summed E-state index contributed by atoms with van der Waals surface area (Å²) in [5, 5.41) is 1.94. The van der Waals surface area contributed by atoms with Gasteiger partial charge in [-0.05, 0) is 36.1 Å². The van der Waals surface area contributed by atoms with Crippen molar-refractivity contribution in [2.75, 3.05) is 6.26 Å². The van der Waals surface area contributed by atoms with Crippen molar-refractivity contribution < 1.29 is 4.39 Å². The molecule has 2 heterocycles. The molecule has 0 atom stereocenters. The van der Waals surface area contributed by atoms with Crippen LogP contribution in [0.5, 0.6) is 0 Å². The van der Waals surface area contributed by atoms with Gasteiger partial charge in [-0.3, -0.25) is 0 Å². The molecule has 0 unspecified atom stereocenters. The Bertz CT molecular complexity index is 994. The monoisotopic (exact) mass is 335 g/mol. The van der Waals surface area contributed by atoms with Crippen LogP contribution in [0.4, 0.5) is 4.39 Å². The van der Waals surface area contributed by atoms with Crippen LogP contribution in [0.15, 0.2) is 72.1 Å². The lowest BCUT2D eigenvalue weighted by Gasteiger charge is -2.04. The van der Waals surface area contributed by atoms with E-state index in [1.165, 1.54) is 12.1 Å². The van der Waals surface area contributed by atoms with Crippen molar-refractivity contribution in [3.63, 3.8) is 0 Å². The maximum atomic E-state index is 13.3. The van der Waals surface area contributed by atoms with Gasteiger partial charge in [0.15, 0.2) is 0 Å². The fourth-order valence-corrected chi connectivity index (χ4v) is 3.38. The molecule has 4 rings (SSSR count). The third-order valence-corrected chi connectivity index (χ3v) is 4.63. The van der Waals surface area contributed by atoms with E-state index >= 15 is 0 Å². The van der Waals surface area contributed by atoms with Gasteiger partial charge in [-0.15, -0.1) is 11.8 Å². The Morgan fingerprint density at radius 2 is 1.71 bits per heavy atom. The third kappa shape index (κ3) is 2.47. The molecule has 0 aliphatic carbocycles. The molecule has 2 aromatic heterocycles. The predicted octanol–water partition coefficient (Wildman–Crippen LogP) is 4.95. The molecule has 0 aliphatic rings. The smallest absolute Gasteiger partial charge is 0.149 e. The molecule has 2 aromatic carbocycles. The first-order valence-corrected chi connectivity index (χ1v) is 8.72. The molecule has 0 saturated carbocycles. The van der Waals surface area contributed by atoms with Gasteiger partial charge in [0, 0.05) is 17.4 Å². The molecular formula is C19H14FN3S. The minimum absolute atomic E-state index is 0.252. The Kier molecular flexibility index (Phi) is 3.78. The Hall–Kier alpha value is -2.66. The number of thioether (sulfide) groups is 1. The average molecular weight is 335 g/mol. The summed E-state index contributed by atoms with van der Waals surface area (Å²) >= 11 is 1.59. The van der Waals surface area contributed by atoms with Crippen molar-refractivity contribution in [1.29, 1.82) is 0 Å². The van der Waals surface area contributed by atoms with Gasteiger partial charge in [-0.25, -0.2) is 14.4 Å². The summed E-state index contributed by atoms with van der Waals surface area (Å²) in [4.78, 5) is 8.89. The highest BCUT2D eigenvalue weighted by Gasteiger charge is 2.16. The Balaban J connectivity index is 2.04. The van der Waals surface area contributed by atoms with Gasteiger partial charge in [0.25, 0.3) is 0 Å². The average Bonchev–Trinajstić information content (AvgIpc) is 3.03. The van der Waals surface area contributed by atoms with Gasteiger partial charge in [0.2, 0.25) is 0 Å². The summed E-state index contributed by atoms with van der Waals surface area (Å²) in [6, 6.07) is 16.6. The lowest BCUT2D eigenvalue weighted by atomic mass is 10.1. The Labute approximate surface area is 143 Å². The van der Waals surface area contributed by atoms with E-state index in [0.717, 1.165) is 32.9 Å². The van der Waals surface area contributed by atoms with E-state index in [1.807, 2.05) is 35.2 Å². The van der Waals surface area contributed by atoms with E-state index in [2.05, 4.69) is 22.1 Å². The SMILES string of the molecule is CSc1ncnc2c1c(-c1ccccc1)cn2-c1ccc(F)cc1. The molecule has 3 nitrogen and oxygen atoms in total. The molecule has 0 radical (unpaired) electrons. The van der Waals surface area contributed by atoms with Crippen LogP contribution < -0.4 is 0 Å². The number of benzene rings is 2. The third-order valence-electron chi connectivity index (χ3n) is 3.93. The summed E-state index contributed by atoms with van der Waals surface area (Å²) in [5.41, 5.74) is 3.86. The topological polar surface area (TPSA) is 30.7 Å². The minimum atomic E-state index is -0.252. The molecule has 4 aromatic rings. The van der Waals surface area contributed by atoms with Crippen molar-refractivity contribution >= 4 is 22.8 Å². The number of rotatable bonds is 3. The minimum Gasteiger partial charge on any atom is -0.301 e. The van der Waals surface area contributed by atoms with Gasteiger partial charge < -0.3 is 4.57 Å². The molecule has 0 N–H and O–H groups in total. The summed E-state index contributed by atoms with van der Waals surface area (Å²) in [6.45, 7) is 0. The highest BCUT2D eigenvalue weighted by atomic mass is 32.2. The molecule has 0 spiro atoms. The Morgan fingerprint density at radius 1 is 0.958 bits per heavy atom. The van der Waals surface area contributed by atoms with Crippen LogP contribution in [0.3, 0.4) is 0 Å². The maximum Gasteiger partial charge on any atom is 0.149 e. The molecule has 0 aliphatic heterocycles. The molecule has 0 bridgehead atoms. The Morgan fingerprint density at radius 3 is 2.42 bits per heavy atom. The van der Waals surface area contributed by atoms with E-state index in [0.29, 0.717) is 0 Å². The van der Waals surface area contributed by atoms with Crippen LogP contribution in [-0.4, -0.2) is 20.8 Å². The highest BCUT2D eigenvalue weighted by Crippen LogP contribution is 2.35.